The minimum Gasteiger partial charge on any atom is -0.491 e. The van der Waals surface area contributed by atoms with Crippen molar-refractivity contribution in [2.75, 3.05) is 19.8 Å². The van der Waals surface area contributed by atoms with Crippen LogP contribution in [0.1, 0.15) is 50.7 Å². The molecule has 0 bridgehead atoms. The summed E-state index contributed by atoms with van der Waals surface area (Å²) in [5, 5.41) is 2.82. The maximum absolute atomic E-state index is 12.0. The highest BCUT2D eigenvalue weighted by atomic mass is 79.9. The number of hydrogen-bond acceptors (Lipinski definition) is 3. The number of benzene rings is 2. The molecule has 5 heteroatoms. The van der Waals surface area contributed by atoms with Gasteiger partial charge in [0.2, 0.25) is 0 Å². The van der Waals surface area contributed by atoms with E-state index in [2.05, 4.69) is 55.0 Å². The van der Waals surface area contributed by atoms with Crippen molar-refractivity contribution in [2.24, 2.45) is 0 Å². The van der Waals surface area contributed by atoms with Crippen LogP contribution >= 0.6 is 15.9 Å². The van der Waals surface area contributed by atoms with Crippen molar-refractivity contribution >= 4 is 21.8 Å². The fraction of sp³-hybridized carbons (Fsp3) is 0.409. The lowest BCUT2D eigenvalue weighted by Crippen LogP contribution is -2.32. The zero-order valence-electron chi connectivity index (χ0n) is 16.4. The largest absolute Gasteiger partial charge is 0.491 e. The van der Waals surface area contributed by atoms with Crippen molar-refractivity contribution in [3.05, 3.63) is 58.1 Å². The quantitative estimate of drug-likeness (QED) is 0.547. The van der Waals surface area contributed by atoms with Gasteiger partial charge in [0, 0.05) is 0 Å². The lowest BCUT2D eigenvalue weighted by molar-refractivity contribution is -0.123. The number of nitrogens with one attached hydrogen (secondary N) is 1. The average molecular weight is 434 g/mol. The molecule has 0 saturated heterocycles. The van der Waals surface area contributed by atoms with Crippen LogP contribution in [-0.2, 0) is 4.79 Å². The summed E-state index contributed by atoms with van der Waals surface area (Å²) in [6, 6.07) is 13.9. The molecule has 0 saturated carbocycles. The second-order valence-corrected chi connectivity index (χ2v) is 7.88. The highest BCUT2D eigenvalue weighted by molar-refractivity contribution is 9.10. The number of para-hydroxylation sites is 1. The number of carbonyl (C=O) groups excluding carboxylic acids is 1. The van der Waals surface area contributed by atoms with Gasteiger partial charge in [-0.25, -0.2) is 0 Å². The Bertz CT molecular complexity index is 759. The Morgan fingerprint density at radius 2 is 1.74 bits per heavy atom. The third-order valence-electron chi connectivity index (χ3n) is 4.20. The van der Waals surface area contributed by atoms with Gasteiger partial charge in [0.15, 0.2) is 6.61 Å². The normalized spacial score (nSPS) is 10.9. The van der Waals surface area contributed by atoms with Crippen LogP contribution in [0, 0.1) is 0 Å². The van der Waals surface area contributed by atoms with Gasteiger partial charge in [0.1, 0.15) is 18.1 Å². The molecule has 0 spiro atoms. The number of amides is 1. The van der Waals surface area contributed by atoms with Crippen LogP contribution in [-0.4, -0.2) is 25.7 Å². The Morgan fingerprint density at radius 1 is 1.00 bits per heavy atom. The van der Waals surface area contributed by atoms with E-state index in [9.17, 15) is 4.79 Å². The number of hydrogen-bond donors (Lipinski definition) is 1. The first kappa shape index (κ1) is 21.3. The summed E-state index contributed by atoms with van der Waals surface area (Å²) in [5.74, 6) is 2.20. The molecule has 4 nitrogen and oxygen atoms in total. The van der Waals surface area contributed by atoms with E-state index in [4.69, 9.17) is 9.47 Å². The molecule has 27 heavy (non-hydrogen) atoms. The van der Waals surface area contributed by atoms with Crippen molar-refractivity contribution in [1.29, 1.82) is 0 Å². The summed E-state index contributed by atoms with van der Waals surface area (Å²) >= 11 is 3.50. The molecule has 0 fully saturated rings. The Labute approximate surface area is 170 Å². The molecule has 0 aromatic heterocycles. The highest BCUT2D eigenvalue weighted by Gasteiger charge is 2.09. The van der Waals surface area contributed by atoms with Crippen molar-refractivity contribution in [1.82, 2.24) is 5.32 Å². The van der Waals surface area contributed by atoms with Crippen LogP contribution in [0.5, 0.6) is 11.5 Å². The van der Waals surface area contributed by atoms with Gasteiger partial charge in [-0.1, -0.05) is 52.0 Å². The van der Waals surface area contributed by atoms with Gasteiger partial charge in [0.25, 0.3) is 5.91 Å². The summed E-state index contributed by atoms with van der Waals surface area (Å²) in [7, 11) is 0. The van der Waals surface area contributed by atoms with Crippen molar-refractivity contribution in [2.45, 2.75) is 39.5 Å². The van der Waals surface area contributed by atoms with Crippen LogP contribution in [0.25, 0.3) is 0 Å². The first-order valence-electron chi connectivity index (χ1n) is 9.29. The second kappa shape index (κ2) is 10.4. The lowest BCUT2D eigenvalue weighted by atomic mass is 10.0. The Kier molecular flexibility index (Phi) is 8.17. The number of carbonyl (C=O) groups is 1. The monoisotopic (exact) mass is 433 g/mol. The van der Waals surface area contributed by atoms with Crippen LogP contribution in [0.3, 0.4) is 0 Å². The maximum atomic E-state index is 12.0. The molecule has 0 aliphatic carbocycles. The third kappa shape index (κ3) is 6.58. The maximum Gasteiger partial charge on any atom is 0.258 e. The van der Waals surface area contributed by atoms with Gasteiger partial charge in [-0.3, -0.25) is 4.79 Å². The molecule has 1 amide bonds. The lowest BCUT2D eigenvalue weighted by Gasteiger charge is -2.14. The highest BCUT2D eigenvalue weighted by Crippen LogP contribution is 2.29. The minimum atomic E-state index is -0.171. The Balaban J connectivity index is 1.74. The average Bonchev–Trinajstić information content (AvgIpc) is 2.64. The van der Waals surface area contributed by atoms with E-state index < -0.39 is 0 Å². The summed E-state index contributed by atoms with van der Waals surface area (Å²) in [6.45, 7) is 9.36. The second-order valence-electron chi connectivity index (χ2n) is 7.02. The van der Waals surface area contributed by atoms with E-state index in [0.29, 0.717) is 30.7 Å². The molecule has 0 unspecified atom stereocenters. The van der Waals surface area contributed by atoms with Gasteiger partial charge in [0.05, 0.1) is 11.0 Å². The molecular weight excluding hydrogens is 406 g/mol. The van der Waals surface area contributed by atoms with E-state index in [1.165, 1.54) is 11.1 Å². The van der Waals surface area contributed by atoms with E-state index in [-0.39, 0.29) is 12.5 Å². The zero-order valence-corrected chi connectivity index (χ0v) is 18.0. The molecule has 2 rings (SSSR count). The summed E-state index contributed by atoms with van der Waals surface area (Å²) in [6.07, 6.45) is 0. The van der Waals surface area contributed by atoms with Crippen LogP contribution in [0.15, 0.2) is 46.9 Å². The van der Waals surface area contributed by atoms with E-state index in [1.807, 2.05) is 36.4 Å². The summed E-state index contributed by atoms with van der Waals surface area (Å²) in [4.78, 5) is 12.0. The molecule has 0 atom stereocenters. The van der Waals surface area contributed by atoms with Gasteiger partial charge < -0.3 is 14.8 Å². The molecule has 2 aromatic rings. The SMILES string of the molecule is CC(C)c1ccc(OCC(=O)NCCOc2ccccc2C(C)C)c(Br)c1. The van der Waals surface area contributed by atoms with E-state index >= 15 is 0 Å². The molecule has 0 heterocycles. The topological polar surface area (TPSA) is 47.6 Å². The Morgan fingerprint density at radius 3 is 2.41 bits per heavy atom. The first-order chi connectivity index (χ1) is 12.9. The Hall–Kier alpha value is -2.01. The van der Waals surface area contributed by atoms with Crippen molar-refractivity contribution in [3.63, 3.8) is 0 Å². The van der Waals surface area contributed by atoms with E-state index in [1.54, 1.807) is 0 Å². The predicted molar refractivity (Wildman–Crippen MR) is 113 cm³/mol. The van der Waals surface area contributed by atoms with Crippen molar-refractivity contribution in [3.8, 4) is 11.5 Å². The van der Waals surface area contributed by atoms with Gasteiger partial charge in [-0.15, -0.1) is 0 Å². The molecule has 146 valence electrons. The molecule has 0 aliphatic heterocycles. The fourth-order valence-electron chi connectivity index (χ4n) is 2.63. The molecule has 2 aromatic carbocycles. The number of rotatable bonds is 9. The number of halogens is 1. The van der Waals surface area contributed by atoms with Crippen LogP contribution < -0.4 is 14.8 Å². The molecule has 1 N–H and O–H groups in total. The smallest absolute Gasteiger partial charge is 0.258 e. The van der Waals surface area contributed by atoms with Gasteiger partial charge >= 0.3 is 0 Å². The van der Waals surface area contributed by atoms with E-state index in [0.717, 1.165) is 10.2 Å². The number of ether oxygens (including phenoxy) is 2. The van der Waals surface area contributed by atoms with Gasteiger partial charge in [-0.05, 0) is 57.1 Å². The predicted octanol–water partition coefficient (Wildman–Crippen LogP) is 5.27. The third-order valence-corrected chi connectivity index (χ3v) is 4.82. The standard InChI is InChI=1S/C22H28BrNO3/c1-15(2)17-9-10-21(19(23)13-17)27-14-22(25)24-11-12-26-20-8-6-5-7-18(20)16(3)4/h5-10,13,15-16H,11-12,14H2,1-4H3,(H,24,25). The van der Waals surface area contributed by atoms with Crippen molar-refractivity contribution < 1.29 is 14.3 Å². The zero-order chi connectivity index (χ0) is 19.8. The van der Waals surface area contributed by atoms with Crippen LogP contribution in [0.2, 0.25) is 0 Å². The molecular formula is C22H28BrNO3. The van der Waals surface area contributed by atoms with Gasteiger partial charge in [-0.2, -0.15) is 0 Å². The minimum absolute atomic E-state index is 0.0256. The molecule has 0 radical (unpaired) electrons. The summed E-state index contributed by atoms with van der Waals surface area (Å²) in [5.41, 5.74) is 2.39. The van der Waals surface area contributed by atoms with Crippen LogP contribution in [0.4, 0.5) is 0 Å². The first-order valence-corrected chi connectivity index (χ1v) is 10.1. The molecule has 0 aliphatic rings. The fourth-order valence-corrected chi connectivity index (χ4v) is 3.14. The summed E-state index contributed by atoms with van der Waals surface area (Å²) < 4.78 is 12.3.